The molecule has 188 valence electrons. The SMILES string of the molecule is CC(C)C(C)CC1C=CC(CC(C)C(C)CC(=O)O)C2C(=O)N(CCOO[PH](=O)O)C(=O)C12. The van der Waals surface area contributed by atoms with Gasteiger partial charge in [-0.05, 0) is 48.3 Å². The lowest BCUT2D eigenvalue weighted by molar-refractivity contribution is -0.209. The number of carbonyl (C=O) groups excluding carboxylic acids is 2. The van der Waals surface area contributed by atoms with Crippen molar-refractivity contribution in [2.45, 2.75) is 53.9 Å². The van der Waals surface area contributed by atoms with E-state index >= 15 is 0 Å². The second kappa shape index (κ2) is 12.2. The number of nitrogens with zero attached hydrogens (tertiary/aromatic N) is 1. The number of hydrogen-bond donors (Lipinski definition) is 2. The molecule has 8 unspecified atom stereocenters. The highest BCUT2D eigenvalue weighted by atomic mass is 31.1. The zero-order valence-electron chi connectivity index (χ0n) is 20.1. The highest BCUT2D eigenvalue weighted by Crippen LogP contribution is 2.46. The van der Waals surface area contributed by atoms with Crippen LogP contribution in [0.3, 0.4) is 0 Å². The van der Waals surface area contributed by atoms with Gasteiger partial charge in [0.15, 0.2) is 0 Å². The normalized spacial score (nSPS) is 28.6. The number of aliphatic carboxylic acids is 1. The molecule has 2 N–H and O–H groups in total. The highest BCUT2D eigenvalue weighted by molar-refractivity contribution is 7.31. The van der Waals surface area contributed by atoms with Crippen molar-refractivity contribution in [1.29, 1.82) is 0 Å². The van der Waals surface area contributed by atoms with Gasteiger partial charge in [-0.25, -0.2) is 4.89 Å². The molecule has 0 spiro atoms. The summed E-state index contributed by atoms with van der Waals surface area (Å²) < 4.78 is 14.9. The summed E-state index contributed by atoms with van der Waals surface area (Å²) in [6.07, 6.45) is 5.61. The molecule has 0 radical (unpaired) electrons. The number of hydrogen-bond acceptors (Lipinski definition) is 6. The van der Waals surface area contributed by atoms with E-state index in [2.05, 4.69) is 42.5 Å². The fourth-order valence-electron chi connectivity index (χ4n) is 4.93. The van der Waals surface area contributed by atoms with Gasteiger partial charge in [-0.15, -0.1) is 0 Å². The summed E-state index contributed by atoms with van der Waals surface area (Å²) in [5, 5.41) is 9.13. The summed E-state index contributed by atoms with van der Waals surface area (Å²) in [7, 11) is -3.26. The van der Waals surface area contributed by atoms with Crippen molar-refractivity contribution in [2.24, 2.45) is 47.3 Å². The summed E-state index contributed by atoms with van der Waals surface area (Å²) in [5.74, 6) is -1.68. The summed E-state index contributed by atoms with van der Waals surface area (Å²) in [5.41, 5.74) is 0. The number of imide groups is 1. The third kappa shape index (κ3) is 7.22. The van der Waals surface area contributed by atoms with Crippen molar-refractivity contribution < 1.29 is 38.5 Å². The summed E-state index contributed by atoms with van der Waals surface area (Å²) in [6, 6.07) is 0. The number of allylic oxidation sites excluding steroid dienone is 2. The first-order chi connectivity index (χ1) is 15.4. The number of amides is 2. The Labute approximate surface area is 196 Å². The zero-order valence-corrected chi connectivity index (χ0v) is 21.1. The van der Waals surface area contributed by atoms with E-state index < -0.39 is 26.1 Å². The second-order valence-corrected chi connectivity index (χ2v) is 10.7. The van der Waals surface area contributed by atoms with Crippen molar-refractivity contribution in [3.8, 4) is 0 Å². The molecule has 0 aromatic heterocycles. The monoisotopic (exact) mass is 487 g/mol. The molecule has 8 atom stereocenters. The van der Waals surface area contributed by atoms with Gasteiger partial charge in [0, 0.05) is 6.42 Å². The molecule has 0 aromatic carbocycles. The van der Waals surface area contributed by atoms with Crippen LogP contribution in [-0.2, 0) is 28.5 Å². The van der Waals surface area contributed by atoms with Gasteiger partial charge in [0.05, 0.1) is 18.4 Å². The van der Waals surface area contributed by atoms with Crippen LogP contribution in [0.5, 0.6) is 0 Å². The molecule has 0 bridgehead atoms. The van der Waals surface area contributed by atoms with Crippen molar-refractivity contribution in [1.82, 2.24) is 4.90 Å². The van der Waals surface area contributed by atoms with Crippen LogP contribution in [0.2, 0.25) is 0 Å². The Bertz CT molecular complexity index is 770. The van der Waals surface area contributed by atoms with Crippen LogP contribution in [0.4, 0.5) is 0 Å². The molecule has 9 nitrogen and oxygen atoms in total. The summed E-state index contributed by atoms with van der Waals surface area (Å²) in [4.78, 5) is 52.4. The van der Waals surface area contributed by atoms with Gasteiger partial charge < -0.3 is 10.00 Å². The molecule has 0 aromatic rings. The number of rotatable bonds is 13. The van der Waals surface area contributed by atoms with Gasteiger partial charge in [-0.1, -0.05) is 46.8 Å². The molecule has 0 saturated carbocycles. The van der Waals surface area contributed by atoms with Crippen molar-refractivity contribution in [3.05, 3.63) is 12.2 Å². The molecule has 33 heavy (non-hydrogen) atoms. The van der Waals surface area contributed by atoms with E-state index in [1.165, 1.54) is 4.90 Å². The molecular weight excluding hydrogens is 449 g/mol. The maximum absolute atomic E-state index is 13.4. The molecular formula is C23H38NO8P. The first-order valence-electron chi connectivity index (χ1n) is 11.7. The smallest absolute Gasteiger partial charge is 0.344 e. The van der Waals surface area contributed by atoms with Crippen LogP contribution in [0, 0.1) is 47.3 Å². The number of fused-ring (bicyclic) bond motifs is 1. The lowest BCUT2D eigenvalue weighted by Gasteiger charge is -2.35. The van der Waals surface area contributed by atoms with Crippen molar-refractivity contribution in [3.63, 3.8) is 0 Å². The number of carbonyl (C=O) groups is 3. The summed E-state index contributed by atoms with van der Waals surface area (Å²) >= 11 is 0. The van der Waals surface area contributed by atoms with E-state index in [1.54, 1.807) is 0 Å². The van der Waals surface area contributed by atoms with Gasteiger partial charge in [0.1, 0.15) is 6.61 Å². The average Bonchev–Trinajstić information content (AvgIpc) is 2.97. The first kappa shape index (κ1) is 27.7. The fourth-order valence-corrected chi connectivity index (χ4v) is 5.11. The molecule has 2 amide bonds. The minimum atomic E-state index is -3.26. The Morgan fingerprint density at radius 3 is 1.97 bits per heavy atom. The number of likely N-dealkylation sites (tertiary alicyclic amines) is 1. The summed E-state index contributed by atoms with van der Waals surface area (Å²) in [6.45, 7) is 10.1. The molecule has 2 aliphatic rings. The average molecular weight is 488 g/mol. The fraction of sp³-hybridized carbons (Fsp3) is 0.783. The van der Waals surface area contributed by atoms with Crippen LogP contribution in [0.1, 0.15) is 53.9 Å². The van der Waals surface area contributed by atoms with E-state index in [4.69, 9.17) is 10.00 Å². The first-order valence-corrected chi connectivity index (χ1v) is 13.0. The van der Waals surface area contributed by atoms with Crippen LogP contribution < -0.4 is 0 Å². The van der Waals surface area contributed by atoms with Crippen LogP contribution in [-0.4, -0.2) is 45.8 Å². The molecule has 1 aliphatic carbocycles. The van der Waals surface area contributed by atoms with Crippen molar-refractivity contribution >= 4 is 26.0 Å². The van der Waals surface area contributed by atoms with E-state index in [-0.39, 0.29) is 55.1 Å². The minimum Gasteiger partial charge on any atom is -0.481 e. The van der Waals surface area contributed by atoms with Gasteiger partial charge in [-0.3, -0.25) is 23.8 Å². The molecule has 1 fully saturated rings. The largest absolute Gasteiger partial charge is 0.481 e. The topological polar surface area (TPSA) is 130 Å². The molecule has 2 rings (SSSR count). The number of carboxylic acid groups (broad SMARTS) is 1. The maximum atomic E-state index is 13.4. The molecule has 1 saturated heterocycles. The third-order valence-electron chi connectivity index (χ3n) is 7.44. The Hall–Kier alpha value is -1.54. The van der Waals surface area contributed by atoms with E-state index in [0.29, 0.717) is 18.3 Å². The molecule has 1 heterocycles. The lowest BCUT2D eigenvalue weighted by atomic mass is 9.66. The third-order valence-corrected chi connectivity index (χ3v) is 7.70. The molecule has 1 aliphatic heterocycles. The Morgan fingerprint density at radius 1 is 1.00 bits per heavy atom. The van der Waals surface area contributed by atoms with Gasteiger partial charge in [0.2, 0.25) is 11.8 Å². The Morgan fingerprint density at radius 2 is 1.52 bits per heavy atom. The van der Waals surface area contributed by atoms with Crippen molar-refractivity contribution in [2.75, 3.05) is 13.2 Å². The van der Waals surface area contributed by atoms with Gasteiger partial charge in [0.25, 0.3) is 0 Å². The van der Waals surface area contributed by atoms with Gasteiger partial charge >= 0.3 is 14.2 Å². The Kier molecular flexibility index (Phi) is 10.3. The van der Waals surface area contributed by atoms with E-state index in [9.17, 15) is 18.9 Å². The standard InChI is InChI=1S/C23H38NO8P/c1-13(2)14(3)10-17-6-7-18(11-15(4)16(5)12-19(25)26)21-20(17)22(27)24(23(21)28)8-9-31-32-33(29)30/h6-7,13-18,20-21,33H,8-12H2,1-5H3,(H,25,26)(H,29,30). The molecule has 10 heteroatoms. The Balaban J connectivity index is 2.22. The predicted octanol–water partition coefficient (Wildman–Crippen LogP) is 3.54. The highest BCUT2D eigenvalue weighted by Gasteiger charge is 2.54. The second-order valence-electron chi connectivity index (χ2n) is 10.0. The van der Waals surface area contributed by atoms with E-state index in [0.717, 1.165) is 6.42 Å². The zero-order chi connectivity index (χ0) is 24.9. The van der Waals surface area contributed by atoms with Crippen LogP contribution >= 0.6 is 8.25 Å². The van der Waals surface area contributed by atoms with E-state index in [1.807, 2.05) is 13.8 Å². The maximum Gasteiger partial charge on any atom is 0.344 e. The lowest BCUT2D eigenvalue weighted by Crippen LogP contribution is -2.36. The minimum absolute atomic E-state index is 0.0516. The predicted molar refractivity (Wildman–Crippen MR) is 122 cm³/mol. The van der Waals surface area contributed by atoms with Crippen LogP contribution in [0.25, 0.3) is 0 Å². The van der Waals surface area contributed by atoms with Gasteiger partial charge in [-0.2, -0.15) is 4.67 Å². The number of carboxylic acids is 1. The quantitative estimate of drug-likeness (QED) is 0.101. The van der Waals surface area contributed by atoms with Crippen LogP contribution in [0.15, 0.2) is 12.2 Å².